The van der Waals surface area contributed by atoms with Crippen LogP contribution in [0.15, 0.2) is 54.6 Å². The number of amides is 2. The predicted molar refractivity (Wildman–Crippen MR) is 127 cm³/mol. The van der Waals surface area contributed by atoms with E-state index in [2.05, 4.69) is 22.1 Å². The van der Waals surface area contributed by atoms with Gasteiger partial charge in [0.1, 0.15) is 5.82 Å². The molecule has 7 nitrogen and oxygen atoms in total. The predicted octanol–water partition coefficient (Wildman–Crippen LogP) is 3.20. The minimum absolute atomic E-state index is 0.0868. The van der Waals surface area contributed by atoms with Crippen molar-refractivity contribution in [2.75, 3.05) is 37.6 Å². The SMILES string of the molecule is CCn1nc(C(=O)N2CCN(c3ccccc3)CC2)c2c1CCN(C(=O)c1cccc(F)c1)C2. The smallest absolute Gasteiger partial charge is 0.274 e. The van der Waals surface area contributed by atoms with E-state index in [4.69, 9.17) is 0 Å². The summed E-state index contributed by atoms with van der Waals surface area (Å²) < 4.78 is 15.5. The molecule has 0 aliphatic carbocycles. The summed E-state index contributed by atoms with van der Waals surface area (Å²) >= 11 is 0. The Balaban J connectivity index is 1.34. The normalized spacial score (nSPS) is 15.9. The number of hydrogen-bond donors (Lipinski definition) is 0. The highest BCUT2D eigenvalue weighted by atomic mass is 19.1. The average Bonchev–Trinajstić information content (AvgIpc) is 3.26. The molecule has 0 saturated carbocycles. The number of hydrogen-bond acceptors (Lipinski definition) is 4. The molecule has 0 unspecified atom stereocenters. The van der Waals surface area contributed by atoms with Gasteiger partial charge in [0, 0.05) is 68.2 Å². The van der Waals surface area contributed by atoms with Crippen molar-refractivity contribution in [3.63, 3.8) is 0 Å². The van der Waals surface area contributed by atoms with E-state index < -0.39 is 5.82 Å². The summed E-state index contributed by atoms with van der Waals surface area (Å²) in [6.45, 7) is 6.24. The highest BCUT2D eigenvalue weighted by molar-refractivity contribution is 5.96. The lowest BCUT2D eigenvalue weighted by molar-refractivity contribution is 0.0709. The molecule has 2 aliphatic heterocycles. The lowest BCUT2D eigenvalue weighted by Crippen LogP contribution is -2.49. The number of anilines is 1. The van der Waals surface area contributed by atoms with Gasteiger partial charge in [-0.15, -0.1) is 0 Å². The van der Waals surface area contributed by atoms with E-state index in [-0.39, 0.29) is 11.8 Å². The molecule has 0 bridgehead atoms. The Hall–Kier alpha value is -3.68. The standard InChI is InChI=1S/C26H28FN5O2/c1-2-32-23-11-12-31(25(33)19-7-6-8-20(27)17-19)18-22(23)24(28-32)26(34)30-15-13-29(14-16-30)21-9-4-3-5-10-21/h3-10,17H,2,11-16,18H2,1H3. The van der Waals surface area contributed by atoms with Gasteiger partial charge in [-0.25, -0.2) is 4.39 Å². The van der Waals surface area contributed by atoms with Crippen molar-refractivity contribution in [1.29, 1.82) is 0 Å². The molecule has 3 aromatic rings. The lowest BCUT2D eigenvalue weighted by atomic mass is 10.0. The molecule has 3 heterocycles. The number of nitrogens with zero attached hydrogens (tertiary/aromatic N) is 5. The minimum atomic E-state index is -0.437. The number of carbonyl (C=O) groups excluding carboxylic acids is 2. The quantitative estimate of drug-likeness (QED) is 0.599. The maximum absolute atomic E-state index is 13.7. The van der Waals surface area contributed by atoms with Crippen LogP contribution < -0.4 is 4.90 Å². The third-order valence-corrected chi connectivity index (χ3v) is 6.68. The van der Waals surface area contributed by atoms with Crippen LogP contribution in [0.5, 0.6) is 0 Å². The van der Waals surface area contributed by atoms with Crippen LogP contribution in [0.1, 0.15) is 39.0 Å². The van der Waals surface area contributed by atoms with Crippen molar-refractivity contribution in [2.24, 2.45) is 0 Å². The molecule has 1 saturated heterocycles. The van der Waals surface area contributed by atoms with Crippen LogP contribution in [0.2, 0.25) is 0 Å². The molecule has 1 aromatic heterocycles. The maximum atomic E-state index is 13.7. The number of carbonyl (C=O) groups is 2. The molecule has 0 atom stereocenters. The summed E-state index contributed by atoms with van der Waals surface area (Å²) in [7, 11) is 0. The second-order valence-electron chi connectivity index (χ2n) is 8.69. The summed E-state index contributed by atoms with van der Waals surface area (Å²) in [5.41, 5.74) is 3.73. The third kappa shape index (κ3) is 4.16. The molecule has 8 heteroatoms. The van der Waals surface area contributed by atoms with Crippen LogP contribution in [-0.2, 0) is 19.5 Å². The van der Waals surface area contributed by atoms with Gasteiger partial charge in [-0.05, 0) is 37.3 Å². The van der Waals surface area contributed by atoms with Crippen LogP contribution in [0.25, 0.3) is 0 Å². The summed E-state index contributed by atoms with van der Waals surface area (Å²) in [5.74, 6) is -0.756. The summed E-state index contributed by atoms with van der Waals surface area (Å²) in [5, 5.41) is 4.66. The molecule has 2 amide bonds. The first-order chi connectivity index (χ1) is 16.5. The van der Waals surface area contributed by atoms with E-state index >= 15 is 0 Å². The Morgan fingerprint density at radius 3 is 2.38 bits per heavy atom. The number of benzene rings is 2. The molecular weight excluding hydrogens is 433 g/mol. The van der Waals surface area contributed by atoms with Gasteiger partial charge in [0.2, 0.25) is 0 Å². The van der Waals surface area contributed by atoms with Crippen LogP contribution in [0, 0.1) is 5.82 Å². The van der Waals surface area contributed by atoms with E-state index in [0.29, 0.717) is 50.4 Å². The van der Waals surface area contributed by atoms with Crippen molar-refractivity contribution in [2.45, 2.75) is 26.4 Å². The Morgan fingerprint density at radius 1 is 0.912 bits per heavy atom. The Morgan fingerprint density at radius 2 is 1.68 bits per heavy atom. The molecule has 0 radical (unpaired) electrons. The van der Waals surface area contributed by atoms with Crippen LogP contribution in [0.4, 0.5) is 10.1 Å². The van der Waals surface area contributed by atoms with Gasteiger partial charge >= 0.3 is 0 Å². The average molecular weight is 462 g/mol. The Bertz CT molecular complexity index is 1200. The summed E-state index contributed by atoms with van der Waals surface area (Å²) in [6, 6.07) is 15.9. The van der Waals surface area contributed by atoms with Crippen molar-refractivity contribution < 1.29 is 14.0 Å². The molecule has 5 rings (SSSR count). The van der Waals surface area contributed by atoms with E-state index in [1.165, 1.54) is 18.2 Å². The van der Waals surface area contributed by atoms with Gasteiger partial charge in [-0.3, -0.25) is 14.3 Å². The first-order valence-corrected chi connectivity index (χ1v) is 11.8. The highest BCUT2D eigenvalue weighted by Crippen LogP contribution is 2.26. The van der Waals surface area contributed by atoms with Gasteiger partial charge in [-0.2, -0.15) is 5.10 Å². The summed E-state index contributed by atoms with van der Waals surface area (Å²) in [4.78, 5) is 32.4. The number of para-hydroxylation sites is 1. The molecule has 2 aliphatic rings. The zero-order valence-corrected chi connectivity index (χ0v) is 19.3. The molecule has 34 heavy (non-hydrogen) atoms. The van der Waals surface area contributed by atoms with Crippen LogP contribution >= 0.6 is 0 Å². The minimum Gasteiger partial charge on any atom is -0.368 e. The van der Waals surface area contributed by atoms with E-state index in [1.807, 2.05) is 34.7 Å². The van der Waals surface area contributed by atoms with Gasteiger partial charge < -0.3 is 14.7 Å². The largest absolute Gasteiger partial charge is 0.368 e. The molecule has 0 spiro atoms. The Labute approximate surface area is 198 Å². The van der Waals surface area contributed by atoms with E-state index in [0.717, 1.165) is 30.0 Å². The highest BCUT2D eigenvalue weighted by Gasteiger charge is 2.33. The number of aryl methyl sites for hydroxylation is 1. The first-order valence-electron chi connectivity index (χ1n) is 11.8. The van der Waals surface area contributed by atoms with Crippen molar-refractivity contribution >= 4 is 17.5 Å². The monoisotopic (exact) mass is 461 g/mol. The second kappa shape index (κ2) is 9.29. The molecule has 0 N–H and O–H groups in total. The zero-order valence-electron chi connectivity index (χ0n) is 19.3. The molecule has 1 fully saturated rings. The number of aromatic nitrogens is 2. The van der Waals surface area contributed by atoms with Crippen molar-refractivity contribution in [3.05, 3.63) is 82.9 Å². The zero-order chi connectivity index (χ0) is 23.7. The fraction of sp³-hybridized carbons (Fsp3) is 0.346. The number of fused-ring (bicyclic) bond motifs is 1. The molecule has 2 aromatic carbocycles. The van der Waals surface area contributed by atoms with Gasteiger partial charge in [-0.1, -0.05) is 24.3 Å². The number of piperazine rings is 1. The van der Waals surface area contributed by atoms with Gasteiger partial charge in [0.25, 0.3) is 11.8 Å². The van der Waals surface area contributed by atoms with Crippen LogP contribution in [0.3, 0.4) is 0 Å². The van der Waals surface area contributed by atoms with E-state index in [1.54, 1.807) is 11.0 Å². The maximum Gasteiger partial charge on any atom is 0.274 e. The van der Waals surface area contributed by atoms with Gasteiger partial charge in [0.15, 0.2) is 5.69 Å². The van der Waals surface area contributed by atoms with Crippen LogP contribution in [-0.4, -0.2) is 64.1 Å². The Kier molecular flexibility index (Phi) is 6.04. The first kappa shape index (κ1) is 22.1. The fourth-order valence-electron chi connectivity index (χ4n) is 4.86. The summed E-state index contributed by atoms with van der Waals surface area (Å²) in [6.07, 6.45) is 0.617. The molecular formula is C26H28FN5O2. The van der Waals surface area contributed by atoms with Crippen molar-refractivity contribution in [1.82, 2.24) is 19.6 Å². The van der Waals surface area contributed by atoms with E-state index in [9.17, 15) is 14.0 Å². The number of halogens is 1. The fourth-order valence-corrected chi connectivity index (χ4v) is 4.86. The lowest BCUT2D eigenvalue weighted by Gasteiger charge is -2.36. The third-order valence-electron chi connectivity index (χ3n) is 6.68. The van der Waals surface area contributed by atoms with Gasteiger partial charge in [0.05, 0.1) is 6.54 Å². The number of rotatable bonds is 4. The van der Waals surface area contributed by atoms with Crippen molar-refractivity contribution in [3.8, 4) is 0 Å². The topological polar surface area (TPSA) is 61.7 Å². The molecule has 176 valence electrons. The second-order valence-corrected chi connectivity index (χ2v) is 8.69.